The lowest BCUT2D eigenvalue weighted by Gasteiger charge is -2.12. The standard InChI is InChI=1S/C17H18N4O/c18-16(8-14-10-19-11-21-14)17(22)20-9-13-6-3-5-12-4-1-2-7-15(12)13/h1-7,10-11,16H,8-9,18H2,(H,19,21)(H,20,22)/t16-/m0/s1. The Balaban J connectivity index is 1.65. The van der Waals surface area contributed by atoms with Crippen LogP contribution in [0.2, 0.25) is 0 Å². The van der Waals surface area contributed by atoms with Crippen molar-refractivity contribution in [2.45, 2.75) is 19.0 Å². The number of imidazole rings is 1. The number of aromatic nitrogens is 2. The molecule has 5 nitrogen and oxygen atoms in total. The van der Waals surface area contributed by atoms with Crippen LogP contribution in [0.1, 0.15) is 11.3 Å². The SMILES string of the molecule is N[C@@H](Cc1c[nH]cn1)C(=O)NCc1cccc2ccccc12. The van der Waals surface area contributed by atoms with Crippen LogP contribution in [0.3, 0.4) is 0 Å². The van der Waals surface area contributed by atoms with E-state index in [0.29, 0.717) is 13.0 Å². The molecule has 112 valence electrons. The van der Waals surface area contributed by atoms with E-state index in [-0.39, 0.29) is 5.91 Å². The normalized spacial score (nSPS) is 12.2. The number of hydrogen-bond donors (Lipinski definition) is 3. The largest absolute Gasteiger partial charge is 0.351 e. The Bertz CT molecular complexity index is 762. The summed E-state index contributed by atoms with van der Waals surface area (Å²) in [4.78, 5) is 19.0. The van der Waals surface area contributed by atoms with Crippen LogP contribution in [-0.2, 0) is 17.8 Å². The van der Waals surface area contributed by atoms with Crippen LogP contribution in [0.5, 0.6) is 0 Å². The van der Waals surface area contributed by atoms with Crippen molar-refractivity contribution in [2.24, 2.45) is 5.73 Å². The summed E-state index contributed by atoms with van der Waals surface area (Å²) in [6, 6.07) is 13.6. The second kappa shape index (κ2) is 6.41. The Morgan fingerprint density at radius 2 is 2.05 bits per heavy atom. The molecule has 0 fully saturated rings. The van der Waals surface area contributed by atoms with Crippen LogP contribution in [0.4, 0.5) is 0 Å². The molecule has 4 N–H and O–H groups in total. The maximum atomic E-state index is 12.1. The molecule has 0 aliphatic carbocycles. The number of amides is 1. The van der Waals surface area contributed by atoms with Crippen molar-refractivity contribution < 1.29 is 4.79 Å². The minimum atomic E-state index is -0.599. The summed E-state index contributed by atoms with van der Waals surface area (Å²) in [6.07, 6.45) is 3.75. The molecule has 1 aromatic heterocycles. The van der Waals surface area contributed by atoms with Gasteiger partial charge in [0.1, 0.15) is 0 Å². The molecule has 22 heavy (non-hydrogen) atoms. The summed E-state index contributed by atoms with van der Waals surface area (Å²) in [7, 11) is 0. The van der Waals surface area contributed by atoms with Crippen molar-refractivity contribution in [3.05, 3.63) is 66.2 Å². The molecule has 1 atom stereocenters. The quantitative estimate of drug-likeness (QED) is 0.670. The van der Waals surface area contributed by atoms with Gasteiger partial charge in [-0.3, -0.25) is 4.79 Å². The van der Waals surface area contributed by atoms with E-state index in [1.165, 1.54) is 0 Å². The molecule has 1 amide bonds. The highest BCUT2D eigenvalue weighted by molar-refractivity contribution is 5.86. The number of benzene rings is 2. The molecular formula is C17H18N4O. The number of carbonyl (C=O) groups is 1. The van der Waals surface area contributed by atoms with Gasteiger partial charge in [-0.15, -0.1) is 0 Å². The van der Waals surface area contributed by atoms with Gasteiger partial charge in [-0.05, 0) is 16.3 Å². The fourth-order valence-corrected chi connectivity index (χ4v) is 2.48. The number of aromatic amines is 1. The average molecular weight is 294 g/mol. The summed E-state index contributed by atoms with van der Waals surface area (Å²) in [5.74, 6) is -0.170. The topological polar surface area (TPSA) is 83.8 Å². The van der Waals surface area contributed by atoms with Crippen molar-refractivity contribution in [2.75, 3.05) is 0 Å². The van der Waals surface area contributed by atoms with E-state index in [1.54, 1.807) is 12.5 Å². The first-order valence-corrected chi connectivity index (χ1v) is 7.21. The molecule has 0 radical (unpaired) electrons. The molecule has 1 heterocycles. The van der Waals surface area contributed by atoms with Crippen molar-refractivity contribution in [1.29, 1.82) is 0 Å². The van der Waals surface area contributed by atoms with E-state index in [2.05, 4.69) is 33.5 Å². The number of carbonyl (C=O) groups excluding carboxylic acids is 1. The number of H-pyrrole nitrogens is 1. The Labute approximate surface area is 128 Å². The fourth-order valence-electron chi connectivity index (χ4n) is 2.48. The number of nitrogens with two attached hydrogens (primary N) is 1. The molecule has 3 aromatic rings. The molecular weight excluding hydrogens is 276 g/mol. The van der Waals surface area contributed by atoms with E-state index in [9.17, 15) is 4.79 Å². The molecule has 0 saturated carbocycles. The third kappa shape index (κ3) is 3.15. The molecule has 0 unspecified atom stereocenters. The van der Waals surface area contributed by atoms with Crippen LogP contribution in [-0.4, -0.2) is 21.9 Å². The van der Waals surface area contributed by atoms with Crippen molar-refractivity contribution in [3.8, 4) is 0 Å². The zero-order valence-corrected chi connectivity index (χ0v) is 12.1. The molecule has 2 aromatic carbocycles. The zero-order chi connectivity index (χ0) is 15.4. The predicted octanol–water partition coefficient (Wildman–Crippen LogP) is 1.75. The number of rotatable bonds is 5. The fraction of sp³-hybridized carbons (Fsp3) is 0.176. The summed E-state index contributed by atoms with van der Waals surface area (Å²) in [5.41, 5.74) is 7.79. The molecule has 5 heteroatoms. The van der Waals surface area contributed by atoms with Crippen LogP contribution < -0.4 is 11.1 Å². The Morgan fingerprint density at radius 3 is 2.86 bits per heavy atom. The first-order valence-electron chi connectivity index (χ1n) is 7.21. The summed E-state index contributed by atoms with van der Waals surface area (Å²) in [6.45, 7) is 0.467. The molecule has 3 rings (SSSR count). The highest BCUT2D eigenvalue weighted by Gasteiger charge is 2.15. The monoisotopic (exact) mass is 294 g/mol. The highest BCUT2D eigenvalue weighted by Crippen LogP contribution is 2.18. The number of fused-ring (bicyclic) bond motifs is 1. The Kier molecular flexibility index (Phi) is 4.16. The Hall–Kier alpha value is -2.66. The van der Waals surface area contributed by atoms with E-state index in [4.69, 9.17) is 5.73 Å². The van der Waals surface area contributed by atoms with Gasteiger partial charge in [-0.25, -0.2) is 4.98 Å². The number of nitrogens with zero attached hydrogens (tertiary/aromatic N) is 1. The van der Waals surface area contributed by atoms with E-state index in [1.807, 2.05) is 24.3 Å². The van der Waals surface area contributed by atoms with Crippen molar-refractivity contribution in [1.82, 2.24) is 15.3 Å². The first-order chi connectivity index (χ1) is 10.7. The van der Waals surface area contributed by atoms with Crippen molar-refractivity contribution >= 4 is 16.7 Å². The lowest BCUT2D eigenvalue weighted by Crippen LogP contribution is -2.41. The van der Waals surface area contributed by atoms with Gasteiger partial charge in [0, 0.05) is 19.2 Å². The molecule has 0 aliphatic rings. The molecule has 0 aliphatic heterocycles. The maximum absolute atomic E-state index is 12.1. The van der Waals surface area contributed by atoms with E-state index < -0.39 is 6.04 Å². The zero-order valence-electron chi connectivity index (χ0n) is 12.1. The van der Waals surface area contributed by atoms with Gasteiger partial charge in [0.25, 0.3) is 0 Å². The van der Waals surface area contributed by atoms with Crippen LogP contribution in [0.15, 0.2) is 55.0 Å². The first kappa shape index (κ1) is 14.3. The highest BCUT2D eigenvalue weighted by atomic mass is 16.2. The van der Waals surface area contributed by atoms with E-state index >= 15 is 0 Å². The van der Waals surface area contributed by atoms with Crippen LogP contribution >= 0.6 is 0 Å². The predicted molar refractivity (Wildman–Crippen MR) is 86.1 cm³/mol. The van der Waals surface area contributed by atoms with Gasteiger partial charge in [0.05, 0.1) is 18.1 Å². The summed E-state index contributed by atoms with van der Waals surface area (Å²) < 4.78 is 0. The van der Waals surface area contributed by atoms with Gasteiger partial charge in [0.2, 0.25) is 5.91 Å². The number of hydrogen-bond acceptors (Lipinski definition) is 3. The average Bonchev–Trinajstić information content (AvgIpc) is 3.05. The molecule has 0 saturated heterocycles. The number of nitrogens with one attached hydrogen (secondary N) is 2. The Morgan fingerprint density at radius 1 is 1.23 bits per heavy atom. The second-order valence-corrected chi connectivity index (χ2v) is 5.23. The lowest BCUT2D eigenvalue weighted by molar-refractivity contribution is -0.122. The summed E-state index contributed by atoms with van der Waals surface area (Å²) >= 11 is 0. The van der Waals surface area contributed by atoms with Gasteiger partial charge in [0.15, 0.2) is 0 Å². The third-order valence-electron chi connectivity index (χ3n) is 3.65. The lowest BCUT2D eigenvalue weighted by atomic mass is 10.0. The smallest absolute Gasteiger partial charge is 0.237 e. The minimum absolute atomic E-state index is 0.170. The van der Waals surface area contributed by atoms with Gasteiger partial charge in [-0.1, -0.05) is 42.5 Å². The van der Waals surface area contributed by atoms with Crippen molar-refractivity contribution in [3.63, 3.8) is 0 Å². The summed E-state index contributed by atoms with van der Waals surface area (Å²) in [5, 5.41) is 5.21. The maximum Gasteiger partial charge on any atom is 0.237 e. The second-order valence-electron chi connectivity index (χ2n) is 5.23. The minimum Gasteiger partial charge on any atom is -0.351 e. The third-order valence-corrected chi connectivity index (χ3v) is 3.65. The van der Waals surface area contributed by atoms with Crippen LogP contribution in [0, 0.1) is 0 Å². The molecule has 0 spiro atoms. The van der Waals surface area contributed by atoms with Gasteiger partial charge >= 0.3 is 0 Å². The van der Waals surface area contributed by atoms with Gasteiger partial charge < -0.3 is 16.0 Å². The van der Waals surface area contributed by atoms with Crippen LogP contribution in [0.25, 0.3) is 10.8 Å². The van der Waals surface area contributed by atoms with E-state index in [0.717, 1.165) is 22.0 Å². The van der Waals surface area contributed by atoms with Gasteiger partial charge in [-0.2, -0.15) is 0 Å². The molecule has 0 bridgehead atoms.